The second kappa shape index (κ2) is 8.06. The minimum absolute atomic E-state index is 0.372. The number of carbonyl (C=O) groups is 2. The van der Waals surface area contributed by atoms with E-state index in [0.29, 0.717) is 39.1 Å². The molecule has 2 N–H and O–H groups in total. The first-order valence-electron chi connectivity index (χ1n) is 6.84. The molecule has 1 saturated carbocycles. The van der Waals surface area contributed by atoms with E-state index in [1.807, 2.05) is 0 Å². The van der Waals surface area contributed by atoms with Gasteiger partial charge in [-0.15, -0.1) is 0 Å². The van der Waals surface area contributed by atoms with Gasteiger partial charge in [0.25, 0.3) is 0 Å². The molecule has 0 spiro atoms. The van der Waals surface area contributed by atoms with Gasteiger partial charge in [-0.2, -0.15) is 0 Å². The lowest BCUT2D eigenvalue weighted by atomic mass is 9.98. The maximum absolute atomic E-state index is 12.3. The number of rotatable bonds is 8. The van der Waals surface area contributed by atoms with Gasteiger partial charge in [0, 0.05) is 27.3 Å². The molecule has 1 aliphatic rings. The van der Waals surface area contributed by atoms with Crippen molar-refractivity contribution in [1.82, 2.24) is 10.2 Å². The summed E-state index contributed by atoms with van der Waals surface area (Å²) in [5, 5.41) is 12.0. The second-order valence-electron chi connectivity index (χ2n) is 5.00. The summed E-state index contributed by atoms with van der Waals surface area (Å²) in [6, 6.07) is -0.372. The fourth-order valence-corrected chi connectivity index (χ4v) is 2.37. The van der Waals surface area contributed by atoms with Crippen molar-refractivity contribution in [2.24, 2.45) is 0 Å². The molecule has 1 rings (SSSR count). The van der Waals surface area contributed by atoms with Gasteiger partial charge < -0.3 is 24.8 Å². The lowest BCUT2D eigenvalue weighted by Gasteiger charge is -2.30. The standard InChI is InChI=1S/C13H24N2O5/c1-19-9-7-15(8-10-20-2)12(18)14-13(11(16)17)5-3-4-6-13/h3-10H2,1-2H3,(H,14,18)(H,16,17). The summed E-state index contributed by atoms with van der Waals surface area (Å²) in [6.45, 7) is 1.61. The Kier molecular flexibility index (Phi) is 6.74. The number of carbonyl (C=O) groups excluding carboxylic acids is 1. The lowest BCUT2D eigenvalue weighted by molar-refractivity contribution is -0.144. The Balaban J connectivity index is 2.65. The van der Waals surface area contributed by atoms with Crippen LogP contribution in [0.1, 0.15) is 25.7 Å². The van der Waals surface area contributed by atoms with E-state index in [0.717, 1.165) is 12.8 Å². The molecule has 1 aliphatic carbocycles. The molecule has 0 heterocycles. The molecule has 1 fully saturated rings. The summed E-state index contributed by atoms with van der Waals surface area (Å²) in [4.78, 5) is 25.2. The van der Waals surface area contributed by atoms with Crippen LogP contribution in [-0.2, 0) is 14.3 Å². The highest BCUT2D eigenvalue weighted by Crippen LogP contribution is 2.30. The van der Waals surface area contributed by atoms with Gasteiger partial charge in [-0.3, -0.25) is 0 Å². The molecule has 116 valence electrons. The quantitative estimate of drug-likeness (QED) is 0.686. The predicted molar refractivity (Wildman–Crippen MR) is 72.7 cm³/mol. The first-order valence-corrected chi connectivity index (χ1v) is 6.84. The van der Waals surface area contributed by atoms with Crippen molar-refractivity contribution >= 4 is 12.0 Å². The van der Waals surface area contributed by atoms with Gasteiger partial charge >= 0.3 is 12.0 Å². The molecular weight excluding hydrogens is 264 g/mol. The van der Waals surface area contributed by atoms with Crippen LogP contribution in [0.4, 0.5) is 4.79 Å². The molecule has 2 amide bonds. The number of carboxylic acid groups (broad SMARTS) is 1. The first-order chi connectivity index (χ1) is 9.55. The molecule has 0 aliphatic heterocycles. The molecule has 0 saturated heterocycles. The molecule has 7 heteroatoms. The number of nitrogens with zero attached hydrogens (tertiary/aromatic N) is 1. The summed E-state index contributed by atoms with van der Waals surface area (Å²) in [5.74, 6) is -0.957. The van der Waals surface area contributed by atoms with Crippen molar-refractivity contribution < 1.29 is 24.2 Å². The number of methoxy groups -OCH3 is 2. The van der Waals surface area contributed by atoms with Crippen molar-refractivity contribution in [3.63, 3.8) is 0 Å². The highest BCUT2D eigenvalue weighted by Gasteiger charge is 2.43. The van der Waals surface area contributed by atoms with E-state index in [4.69, 9.17) is 9.47 Å². The molecule has 7 nitrogen and oxygen atoms in total. The van der Waals surface area contributed by atoms with Gasteiger partial charge in [-0.1, -0.05) is 12.8 Å². The monoisotopic (exact) mass is 288 g/mol. The summed E-state index contributed by atoms with van der Waals surface area (Å²) in [7, 11) is 3.12. The van der Waals surface area contributed by atoms with E-state index in [9.17, 15) is 14.7 Å². The van der Waals surface area contributed by atoms with Crippen LogP contribution >= 0.6 is 0 Å². The molecule has 0 radical (unpaired) electrons. The summed E-state index contributed by atoms with van der Waals surface area (Å²) >= 11 is 0. The van der Waals surface area contributed by atoms with Crippen LogP contribution in [0.3, 0.4) is 0 Å². The molecule has 0 aromatic rings. The smallest absolute Gasteiger partial charge is 0.329 e. The van der Waals surface area contributed by atoms with Crippen molar-refractivity contribution in [3.05, 3.63) is 0 Å². The number of carboxylic acids is 1. The van der Waals surface area contributed by atoms with Crippen LogP contribution in [0.25, 0.3) is 0 Å². The largest absolute Gasteiger partial charge is 0.480 e. The summed E-state index contributed by atoms with van der Waals surface area (Å²) < 4.78 is 9.93. The van der Waals surface area contributed by atoms with Crippen LogP contribution in [0.15, 0.2) is 0 Å². The van der Waals surface area contributed by atoms with E-state index in [1.54, 1.807) is 14.2 Å². The second-order valence-corrected chi connectivity index (χ2v) is 5.00. The number of hydrogen-bond acceptors (Lipinski definition) is 4. The molecular formula is C13H24N2O5. The minimum atomic E-state index is -1.12. The average Bonchev–Trinajstić information content (AvgIpc) is 2.88. The Hall–Kier alpha value is -1.34. The summed E-state index contributed by atoms with van der Waals surface area (Å²) in [6.07, 6.45) is 2.61. The number of urea groups is 1. The van der Waals surface area contributed by atoms with Crippen molar-refractivity contribution in [3.8, 4) is 0 Å². The van der Waals surface area contributed by atoms with Gasteiger partial charge in [-0.25, -0.2) is 9.59 Å². The molecule has 0 aromatic carbocycles. The normalized spacial score (nSPS) is 16.9. The Morgan fingerprint density at radius 3 is 2.05 bits per heavy atom. The van der Waals surface area contributed by atoms with Crippen molar-refractivity contribution in [2.45, 2.75) is 31.2 Å². The molecule has 0 bridgehead atoms. The fraction of sp³-hybridized carbons (Fsp3) is 0.846. The van der Waals surface area contributed by atoms with E-state index in [1.165, 1.54) is 4.90 Å². The zero-order chi connectivity index (χ0) is 15.0. The van der Waals surface area contributed by atoms with Crippen LogP contribution in [0.2, 0.25) is 0 Å². The van der Waals surface area contributed by atoms with Gasteiger partial charge in [0.1, 0.15) is 5.54 Å². The van der Waals surface area contributed by atoms with Gasteiger partial charge in [0.15, 0.2) is 0 Å². The third kappa shape index (κ3) is 4.35. The van der Waals surface area contributed by atoms with Crippen LogP contribution in [0, 0.1) is 0 Å². The van der Waals surface area contributed by atoms with Crippen LogP contribution in [-0.4, -0.2) is 68.1 Å². The zero-order valence-corrected chi connectivity index (χ0v) is 12.2. The maximum atomic E-state index is 12.3. The Morgan fingerprint density at radius 1 is 1.15 bits per heavy atom. The highest BCUT2D eigenvalue weighted by molar-refractivity contribution is 5.86. The van der Waals surface area contributed by atoms with Gasteiger partial charge in [0.05, 0.1) is 13.2 Å². The maximum Gasteiger partial charge on any atom is 0.329 e. The number of amides is 2. The topological polar surface area (TPSA) is 88.1 Å². The van der Waals surface area contributed by atoms with Gasteiger partial charge in [-0.05, 0) is 12.8 Å². The Morgan fingerprint density at radius 2 is 1.65 bits per heavy atom. The minimum Gasteiger partial charge on any atom is -0.480 e. The third-order valence-electron chi connectivity index (χ3n) is 3.63. The number of ether oxygens (including phenoxy) is 2. The number of hydrogen-bond donors (Lipinski definition) is 2. The first kappa shape index (κ1) is 16.7. The number of nitrogens with one attached hydrogen (secondary N) is 1. The van der Waals surface area contributed by atoms with E-state index >= 15 is 0 Å². The lowest BCUT2D eigenvalue weighted by Crippen LogP contribution is -2.57. The molecule has 0 unspecified atom stereocenters. The third-order valence-corrected chi connectivity index (χ3v) is 3.63. The SMILES string of the molecule is COCCN(CCOC)C(=O)NC1(C(=O)O)CCCC1. The Bertz CT molecular complexity index is 321. The van der Waals surface area contributed by atoms with Gasteiger partial charge in [0.2, 0.25) is 0 Å². The fourth-order valence-electron chi connectivity index (χ4n) is 2.37. The van der Waals surface area contributed by atoms with Crippen molar-refractivity contribution in [2.75, 3.05) is 40.5 Å². The molecule has 0 atom stereocenters. The zero-order valence-electron chi connectivity index (χ0n) is 12.2. The molecule has 20 heavy (non-hydrogen) atoms. The average molecular weight is 288 g/mol. The highest BCUT2D eigenvalue weighted by atomic mass is 16.5. The van der Waals surface area contributed by atoms with E-state index in [2.05, 4.69) is 5.32 Å². The summed E-state index contributed by atoms with van der Waals surface area (Å²) in [5.41, 5.74) is -1.12. The van der Waals surface area contributed by atoms with Crippen molar-refractivity contribution in [1.29, 1.82) is 0 Å². The van der Waals surface area contributed by atoms with E-state index < -0.39 is 11.5 Å². The molecule has 0 aromatic heterocycles. The Labute approximate surface area is 119 Å². The predicted octanol–water partition coefficient (Wildman–Crippen LogP) is 0.688. The van der Waals surface area contributed by atoms with Crippen LogP contribution < -0.4 is 5.32 Å². The number of aliphatic carboxylic acids is 1. The van der Waals surface area contributed by atoms with E-state index in [-0.39, 0.29) is 6.03 Å². The van der Waals surface area contributed by atoms with Crippen LogP contribution in [0.5, 0.6) is 0 Å².